The largest absolute Gasteiger partial charge is 0.354 e. The number of carbonyl (C=O) groups excluding carboxylic acids is 2. The molecule has 27 heavy (non-hydrogen) atoms. The van der Waals surface area contributed by atoms with Crippen LogP contribution in [0.25, 0.3) is 0 Å². The van der Waals surface area contributed by atoms with Crippen molar-refractivity contribution in [3.8, 4) is 0 Å². The molecule has 1 atom stereocenters. The fraction of sp³-hybridized carbons (Fsp3) is 0.364. The molecular weight excluding hydrogens is 360 g/mol. The van der Waals surface area contributed by atoms with Gasteiger partial charge >= 0.3 is 0 Å². The maximum atomic E-state index is 13.0. The lowest BCUT2D eigenvalue weighted by Gasteiger charge is -2.29. The second kappa shape index (κ2) is 10.7. The van der Waals surface area contributed by atoms with Crippen LogP contribution in [0.5, 0.6) is 0 Å². The zero-order valence-corrected chi connectivity index (χ0v) is 16.7. The zero-order valence-electron chi connectivity index (χ0n) is 16.0. The first-order chi connectivity index (χ1) is 13.0. The molecule has 2 rings (SSSR count). The lowest BCUT2D eigenvalue weighted by Crippen LogP contribution is -2.49. The van der Waals surface area contributed by atoms with Gasteiger partial charge in [0.05, 0.1) is 6.42 Å². The summed E-state index contributed by atoms with van der Waals surface area (Å²) < 4.78 is 0. The molecule has 2 aromatic carbocycles. The highest BCUT2D eigenvalue weighted by molar-refractivity contribution is 6.31. The van der Waals surface area contributed by atoms with Gasteiger partial charge in [0.25, 0.3) is 0 Å². The Labute approximate surface area is 166 Å². The molecule has 0 aliphatic rings. The van der Waals surface area contributed by atoms with Crippen LogP contribution in [0.15, 0.2) is 54.6 Å². The van der Waals surface area contributed by atoms with E-state index in [4.69, 9.17) is 11.6 Å². The van der Waals surface area contributed by atoms with Gasteiger partial charge in [-0.2, -0.15) is 0 Å². The van der Waals surface area contributed by atoms with Crippen molar-refractivity contribution >= 4 is 23.4 Å². The van der Waals surface area contributed by atoms with E-state index < -0.39 is 6.04 Å². The molecule has 0 saturated heterocycles. The number of hydrogen-bond donors (Lipinski definition) is 1. The van der Waals surface area contributed by atoms with Crippen LogP contribution in [-0.4, -0.2) is 35.8 Å². The summed E-state index contributed by atoms with van der Waals surface area (Å²) in [5, 5.41) is 3.45. The lowest BCUT2D eigenvalue weighted by atomic mass is 10.1. The molecule has 0 radical (unpaired) electrons. The number of nitrogens with one attached hydrogen (secondary N) is 1. The molecule has 1 N–H and O–H groups in total. The highest BCUT2D eigenvalue weighted by Crippen LogP contribution is 2.17. The van der Waals surface area contributed by atoms with E-state index in [2.05, 4.69) is 5.32 Å². The van der Waals surface area contributed by atoms with Crippen molar-refractivity contribution < 1.29 is 9.59 Å². The molecule has 5 heteroatoms. The van der Waals surface area contributed by atoms with Gasteiger partial charge in [0.2, 0.25) is 11.8 Å². The number of rotatable bonds is 9. The van der Waals surface area contributed by atoms with Crippen molar-refractivity contribution in [2.24, 2.45) is 0 Å². The van der Waals surface area contributed by atoms with Crippen LogP contribution >= 0.6 is 11.6 Å². The summed E-state index contributed by atoms with van der Waals surface area (Å²) >= 11 is 6.21. The van der Waals surface area contributed by atoms with Crippen molar-refractivity contribution in [2.45, 2.75) is 39.2 Å². The van der Waals surface area contributed by atoms with E-state index in [1.807, 2.05) is 55.5 Å². The Morgan fingerprint density at radius 1 is 1.07 bits per heavy atom. The number of benzene rings is 2. The minimum absolute atomic E-state index is 0.0989. The van der Waals surface area contributed by atoms with Gasteiger partial charge in [-0.3, -0.25) is 9.59 Å². The van der Waals surface area contributed by atoms with Crippen LogP contribution in [0.1, 0.15) is 31.4 Å². The predicted molar refractivity (Wildman–Crippen MR) is 110 cm³/mol. The molecule has 0 spiro atoms. The number of nitrogens with zero attached hydrogens (tertiary/aromatic N) is 1. The van der Waals surface area contributed by atoms with E-state index in [1.165, 1.54) is 0 Å². The Bertz CT molecular complexity index is 749. The Morgan fingerprint density at radius 3 is 2.41 bits per heavy atom. The molecular formula is C22H27ClN2O2. The molecule has 0 unspecified atom stereocenters. The van der Waals surface area contributed by atoms with Gasteiger partial charge in [0.1, 0.15) is 6.04 Å². The summed E-state index contributed by atoms with van der Waals surface area (Å²) in [6.45, 7) is 4.86. The second-order valence-corrected chi connectivity index (χ2v) is 6.97. The summed E-state index contributed by atoms with van der Waals surface area (Å²) in [5.41, 5.74) is 1.91. The first kappa shape index (κ1) is 21.0. The van der Waals surface area contributed by atoms with Crippen LogP contribution in [0.2, 0.25) is 5.02 Å². The van der Waals surface area contributed by atoms with E-state index in [1.54, 1.807) is 17.9 Å². The van der Waals surface area contributed by atoms with Gasteiger partial charge in [0, 0.05) is 18.1 Å². The Balaban J connectivity index is 2.13. The summed E-state index contributed by atoms with van der Waals surface area (Å²) in [6, 6.07) is 16.8. The number of carbonyl (C=O) groups is 2. The Hall–Kier alpha value is -2.33. The molecule has 0 bridgehead atoms. The van der Waals surface area contributed by atoms with E-state index in [0.29, 0.717) is 24.5 Å². The maximum Gasteiger partial charge on any atom is 0.242 e. The Morgan fingerprint density at radius 2 is 1.74 bits per heavy atom. The molecule has 0 fully saturated rings. The molecule has 0 aliphatic heterocycles. The van der Waals surface area contributed by atoms with Crippen LogP contribution in [0.4, 0.5) is 0 Å². The maximum absolute atomic E-state index is 13.0. The van der Waals surface area contributed by atoms with Crippen LogP contribution < -0.4 is 5.32 Å². The SMILES string of the molecule is CCCNC(=O)[C@H](C)N(CCc1ccccc1)C(=O)Cc1ccccc1Cl. The normalized spacial score (nSPS) is 11.7. The molecule has 4 nitrogen and oxygen atoms in total. The van der Waals surface area contributed by atoms with E-state index in [9.17, 15) is 9.59 Å². The molecule has 0 aliphatic carbocycles. The summed E-state index contributed by atoms with van der Waals surface area (Å²) in [5.74, 6) is -0.226. The fourth-order valence-electron chi connectivity index (χ4n) is 2.87. The summed E-state index contributed by atoms with van der Waals surface area (Å²) in [7, 11) is 0. The second-order valence-electron chi connectivity index (χ2n) is 6.56. The first-order valence-corrected chi connectivity index (χ1v) is 9.75. The zero-order chi connectivity index (χ0) is 19.6. The van der Waals surface area contributed by atoms with Crippen molar-refractivity contribution in [3.05, 3.63) is 70.7 Å². The third kappa shape index (κ3) is 6.40. The number of hydrogen-bond acceptors (Lipinski definition) is 2. The molecule has 0 heterocycles. The number of amides is 2. The highest BCUT2D eigenvalue weighted by atomic mass is 35.5. The number of halogens is 1. The van der Waals surface area contributed by atoms with Crippen molar-refractivity contribution in [1.29, 1.82) is 0 Å². The van der Waals surface area contributed by atoms with E-state index >= 15 is 0 Å². The van der Waals surface area contributed by atoms with Crippen molar-refractivity contribution in [3.63, 3.8) is 0 Å². The fourth-order valence-corrected chi connectivity index (χ4v) is 3.07. The monoisotopic (exact) mass is 386 g/mol. The Kier molecular flexibility index (Phi) is 8.34. The smallest absolute Gasteiger partial charge is 0.242 e. The van der Waals surface area contributed by atoms with Gasteiger partial charge in [-0.15, -0.1) is 0 Å². The van der Waals surface area contributed by atoms with Crippen LogP contribution in [0, 0.1) is 0 Å². The minimum Gasteiger partial charge on any atom is -0.354 e. The molecule has 0 aromatic heterocycles. The van der Waals surface area contributed by atoms with Crippen LogP contribution in [-0.2, 0) is 22.4 Å². The standard InChI is InChI=1S/C22H27ClN2O2/c1-3-14-24-22(27)17(2)25(15-13-18-9-5-4-6-10-18)21(26)16-19-11-7-8-12-20(19)23/h4-12,17H,3,13-16H2,1-2H3,(H,24,27)/t17-/m0/s1. The topological polar surface area (TPSA) is 49.4 Å². The average Bonchev–Trinajstić information content (AvgIpc) is 2.68. The molecule has 2 amide bonds. The van der Waals surface area contributed by atoms with Gasteiger partial charge in [-0.25, -0.2) is 0 Å². The molecule has 2 aromatic rings. The average molecular weight is 387 g/mol. The van der Waals surface area contributed by atoms with Crippen molar-refractivity contribution in [2.75, 3.05) is 13.1 Å². The van der Waals surface area contributed by atoms with Gasteiger partial charge in [0.15, 0.2) is 0 Å². The first-order valence-electron chi connectivity index (χ1n) is 9.37. The molecule has 0 saturated carbocycles. The molecule has 144 valence electrons. The third-order valence-electron chi connectivity index (χ3n) is 4.50. The minimum atomic E-state index is -0.532. The van der Waals surface area contributed by atoms with Crippen molar-refractivity contribution in [1.82, 2.24) is 10.2 Å². The van der Waals surface area contributed by atoms with E-state index in [0.717, 1.165) is 17.5 Å². The predicted octanol–water partition coefficient (Wildman–Crippen LogP) is 3.87. The van der Waals surface area contributed by atoms with Crippen LogP contribution in [0.3, 0.4) is 0 Å². The summed E-state index contributed by atoms with van der Waals surface area (Å²) in [6.07, 6.45) is 1.73. The third-order valence-corrected chi connectivity index (χ3v) is 4.87. The summed E-state index contributed by atoms with van der Waals surface area (Å²) in [4.78, 5) is 27.1. The highest BCUT2D eigenvalue weighted by Gasteiger charge is 2.25. The van der Waals surface area contributed by atoms with E-state index in [-0.39, 0.29) is 18.2 Å². The van der Waals surface area contributed by atoms with Gasteiger partial charge < -0.3 is 10.2 Å². The van der Waals surface area contributed by atoms with Gasteiger partial charge in [-0.1, -0.05) is 67.1 Å². The lowest BCUT2D eigenvalue weighted by molar-refractivity contribution is -0.139. The van der Waals surface area contributed by atoms with Gasteiger partial charge in [-0.05, 0) is 37.0 Å². The quantitative estimate of drug-likeness (QED) is 0.711.